The quantitative estimate of drug-likeness (QED) is 0.152. The van der Waals surface area contributed by atoms with Crippen LogP contribution in [0.25, 0.3) is 0 Å². The predicted molar refractivity (Wildman–Crippen MR) is 140 cm³/mol. The van der Waals surface area contributed by atoms with Gasteiger partial charge in [0.25, 0.3) is 0 Å². The maximum absolute atomic E-state index is 13.3. The first-order valence-electron chi connectivity index (χ1n) is 13.0. The van der Waals surface area contributed by atoms with Crippen LogP contribution in [0.15, 0.2) is 42.9 Å². The Bertz CT molecular complexity index is 1040. The summed E-state index contributed by atoms with van der Waals surface area (Å²) < 4.78 is 0. The van der Waals surface area contributed by atoms with E-state index in [0.29, 0.717) is 37.9 Å². The molecule has 0 saturated carbocycles. The molecule has 12 heteroatoms. The molecule has 8 N–H and O–H groups in total. The molecule has 3 rings (SSSR count). The average molecular weight is 528 g/mol. The van der Waals surface area contributed by atoms with Crippen LogP contribution < -0.4 is 27.0 Å². The number of aromatic amines is 1. The fourth-order valence-corrected chi connectivity index (χ4v) is 4.36. The molecule has 4 unspecified atom stereocenters. The summed E-state index contributed by atoms with van der Waals surface area (Å²) in [7, 11) is 0. The van der Waals surface area contributed by atoms with E-state index >= 15 is 0 Å². The average Bonchev–Trinajstić information content (AvgIpc) is 3.63. The second kappa shape index (κ2) is 14.8. The van der Waals surface area contributed by atoms with Gasteiger partial charge in [0.05, 0.1) is 12.4 Å². The SMILES string of the molecule is NCCCCC(NC(=O)C1CCCN1)C(=O)NC(Cc1cnc[nH]1)C(=O)NC(Cc1ccccc1)C(=O)O. The highest BCUT2D eigenvalue weighted by Crippen LogP contribution is 2.09. The number of imidazole rings is 1. The molecule has 1 aromatic carbocycles. The van der Waals surface area contributed by atoms with Gasteiger partial charge in [-0.1, -0.05) is 30.3 Å². The van der Waals surface area contributed by atoms with Gasteiger partial charge in [-0.25, -0.2) is 9.78 Å². The Kier molecular flexibility index (Phi) is 11.2. The van der Waals surface area contributed by atoms with E-state index in [1.54, 1.807) is 24.3 Å². The van der Waals surface area contributed by atoms with Crippen LogP contribution in [0.1, 0.15) is 43.4 Å². The zero-order valence-corrected chi connectivity index (χ0v) is 21.3. The summed E-state index contributed by atoms with van der Waals surface area (Å²) in [5, 5.41) is 20.9. The summed E-state index contributed by atoms with van der Waals surface area (Å²) in [5.74, 6) is -2.63. The normalized spacial score (nSPS) is 17.2. The molecule has 12 nitrogen and oxygen atoms in total. The van der Waals surface area contributed by atoms with Crippen LogP contribution in [0.5, 0.6) is 0 Å². The van der Waals surface area contributed by atoms with Crippen molar-refractivity contribution in [2.24, 2.45) is 5.73 Å². The number of unbranched alkanes of at least 4 members (excludes halogenated alkanes) is 1. The molecule has 1 aliphatic rings. The Morgan fingerprint density at radius 2 is 1.74 bits per heavy atom. The van der Waals surface area contributed by atoms with Crippen LogP contribution in [-0.2, 0) is 32.0 Å². The van der Waals surface area contributed by atoms with E-state index in [2.05, 4.69) is 31.2 Å². The molecule has 2 aromatic rings. The zero-order chi connectivity index (χ0) is 27.3. The third kappa shape index (κ3) is 8.96. The van der Waals surface area contributed by atoms with Crippen LogP contribution in [0.4, 0.5) is 0 Å². The lowest BCUT2D eigenvalue weighted by molar-refractivity contribution is -0.142. The molecule has 1 saturated heterocycles. The molecule has 1 aliphatic heterocycles. The molecular weight excluding hydrogens is 490 g/mol. The van der Waals surface area contributed by atoms with E-state index in [1.807, 2.05) is 6.07 Å². The largest absolute Gasteiger partial charge is 0.480 e. The number of carbonyl (C=O) groups excluding carboxylic acids is 3. The monoisotopic (exact) mass is 527 g/mol. The van der Waals surface area contributed by atoms with Gasteiger partial charge >= 0.3 is 5.97 Å². The molecular formula is C26H37N7O5. The lowest BCUT2D eigenvalue weighted by atomic mass is 10.0. The fraction of sp³-hybridized carbons (Fsp3) is 0.500. The first kappa shape index (κ1) is 28.8. The standard InChI is InChI=1S/C26H37N7O5/c27-11-5-4-9-20(31-23(34)19-10-6-12-29-19)24(35)32-21(14-18-15-28-16-30-18)25(36)33-22(26(37)38)13-17-7-2-1-3-8-17/h1-3,7-8,15-16,19-22,29H,4-6,9-14,27H2,(H,28,30)(H,31,34)(H,32,35)(H,33,36)(H,37,38). The molecule has 4 atom stereocenters. The third-order valence-corrected chi connectivity index (χ3v) is 6.47. The van der Waals surface area contributed by atoms with Crippen molar-refractivity contribution < 1.29 is 24.3 Å². The number of aromatic nitrogens is 2. The highest BCUT2D eigenvalue weighted by molar-refractivity contribution is 5.94. The summed E-state index contributed by atoms with van der Waals surface area (Å²) in [6, 6.07) is 5.43. The molecule has 2 heterocycles. The summed E-state index contributed by atoms with van der Waals surface area (Å²) in [6.07, 6.45) is 6.33. The highest BCUT2D eigenvalue weighted by Gasteiger charge is 2.31. The van der Waals surface area contributed by atoms with Gasteiger partial charge in [-0.2, -0.15) is 0 Å². The molecule has 0 aliphatic carbocycles. The number of aliphatic carboxylic acids is 1. The molecule has 1 fully saturated rings. The number of benzene rings is 1. The first-order valence-corrected chi connectivity index (χ1v) is 13.0. The maximum atomic E-state index is 13.3. The van der Waals surface area contributed by atoms with Crippen molar-refractivity contribution in [3.63, 3.8) is 0 Å². The van der Waals surface area contributed by atoms with Crippen molar-refractivity contribution in [3.8, 4) is 0 Å². The van der Waals surface area contributed by atoms with Crippen LogP contribution in [0.3, 0.4) is 0 Å². The Morgan fingerprint density at radius 3 is 2.37 bits per heavy atom. The number of nitrogens with two attached hydrogens (primary N) is 1. The minimum absolute atomic E-state index is 0.0584. The van der Waals surface area contributed by atoms with Gasteiger partial charge in [0, 0.05) is 24.7 Å². The van der Waals surface area contributed by atoms with Gasteiger partial charge in [0.1, 0.15) is 18.1 Å². The molecule has 206 valence electrons. The molecule has 0 bridgehead atoms. The first-order chi connectivity index (χ1) is 18.4. The second-order valence-corrected chi connectivity index (χ2v) is 9.43. The smallest absolute Gasteiger partial charge is 0.326 e. The van der Waals surface area contributed by atoms with Crippen molar-refractivity contribution >= 4 is 23.7 Å². The van der Waals surface area contributed by atoms with Crippen molar-refractivity contribution in [2.45, 2.75) is 69.1 Å². The summed E-state index contributed by atoms with van der Waals surface area (Å²) in [6.45, 7) is 1.19. The number of carboxylic acids is 1. The van der Waals surface area contributed by atoms with Gasteiger partial charge < -0.3 is 37.1 Å². The molecule has 0 spiro atoms. The van der Waals surface area contributed by atoms with Crippen LogP contribution in [-0.4, -0.2) is 76.0 Å². The molecule has 0 radical (unpaired) electrons. The lowest BCUT2D eigenvalue weighted by Crippen LogP contribution is -2.57. The summed E-state index contributed by atoms with van der Waals surface area (Å²) in [5.41, 5.74) is 6.94. The van der Waals surface area contributed by atoms with E-state index in [-0.39, 0.29) is 24.8 Å². The number of H-pyrrole nitrogens is 1. The number of hydrogen-bond acceptors (Lipinski definition) is 7. The van der Waals surface area contributed by atoms with Crippen LogP contribution in [0, 0.1) is 0 Å². The highest BCUT2D eigenvalue weighted by atomic mass is 16.4. The molecule has 38 heavy (non-hydrogen) atoms. The van der Waals surface area contributed by atoms with Crippen molar-refractivity contribution in [1.82, 2.24) is 31.2 Å². The van der Waals surface area contributed by atoms with E-state index in [4.69, 9.17) is 5.73 Å². The number of rotatable bonds is 15. The lowest BCUT2D eigenvalue weighted by Gasteiger charge is -2.25. The third-order valence-electron chi connectivity index (χ3n) is 6.47. The molecule has 3 amide bonds. The Hall–Kier alpha value is -3.77. The number of carboxylic acid groups (broad SMARTS) is 1. The fourth-order valence-electron chi connectivity index (χ4n) is 4.36. The van der Waals surface area contributed by atoms with Crippen LogP contribution >= 0.6 is 0 Å². The Balaban J connectivity index is 1.73. The predicted octanol–water partition coefficient (Wildman–Crippen LogP) is -0.385. The number of nitrogens with one attached hydrogen (secondary N) is 5. The number of hydrogen-bond donors (Lipinski definition) is 7. The number of nitrogens with zero attached hydrogens (tertiary/aromatic N) is 1. The van der Waals surface area contributed by atoms with Gasteiger partial charge in [0.2, 0.25) is 17.7 Å². The topological polar surface area (TPSA) is 191 Å². The number of amides is 3. The van der Waals surface area contributed by atoms with Crippen molar-refractivity contribution in [1.29, 1.82) is 0 Å². The van der Waals surface area contributed by atoms with Crippen LogP contribution in [0.2, 0.25) is 0 Å². The maximum Gasteiger partial charge on any atom is 0.326 e. The van der Waals surface area contributed by atoms with E-state index in [1.165, 1.54) is 12.5 Å². The van der Waals surface area contributed by atoms with Crippen molar-refractivity contribution in [2.75, 3.05) is 13.1 Å². The zero-order valence-electron chi connectivity index (χ0n) is 21.3. The van der Waals surface area contributed by atoms with Gasteiger partial charge in [-0.15, -0.1) is 0 Å². The summed E-state index contributed by atoms with van der Waals surface area (Å²) >= 11 is 0. The summed E-state index contributed by atoms with van der Waals surface area (Å²) in [4.78, 5) is 58.1. The van der Waals surface area contributed by atoms with E-state index < -0.39 is 35.9 Å². The number of carbonyl (C=O) groups is 4. The van der Waals surface area contributed by atoms with Gasteiger partial charge in [-0.05, 0) is 50.8 Å². The minimum atomic E-state index is -1.19. The van der Waals surface area contributed by atoms with E-state index in [9.17, 15) is 24.3 Å². The van der Waals surface area contributed by atoms with Crippen molar-refractivity contribution in [3.05, 3.63) is 54.1 Å². The van der Waals surface area contributed by atoms with Gasteiger partial charge in [-0.3, -0.25) is 14.4 Å². The van der Waals surface area contributed by atoms with Gasteiger partial charge in [0.15, 0.2) is 0 Å². The minimum Gasteiger partial charge on any atom is -0.480 e. The Morgan fingerprint density at radius 1 is 1.00 bits per heavy atom. The molecule has 1 aromatic heterocycles. The Labute approximate surface area is 221 Å². The van der Waals surface area contributed by atoms with E-state index in [0.717, 1.165) is 18.5 Å². The second-order valence-electron chi connectivity index (χ2n) is 9.43.